The molecule has 0 spiro atoms. The summed E-state index contributed by atoms with van der Waals surface area (Å²) in [5.41, 5.74) is 0. The number of sulfonamides is 1. The lowest BCUT2D eigenvalue weighted by atomic mass is 9.70. The molecule has 1 aromatic rings. The predicted molar refractivity (Wildman–Crippen MR) is 94.1 cm³/mol. The Balaban J connectivity index is 1.64. The molecule has 5 atom stereocenters. The highest BCUT2D eigenvalue weighted by Gasteiger charge is 2.67. The van der Waals surface area contributed by atoms with Crippen molar-refractivity contribution in [3.8, 4) is 0 Å². The maximum Gasteiger partial charge on any atom is 0.243 e. The zero-order chi connectivity index (χ0) is 15.6. The molecule has 3 nitrogen and oxygen atoms in total. The van der Waals surface area contributed by atoms with Crippen LogP contribution in [-0.2, 0) is 10.0 Å². The van der Waals surface area contributed by atoms with Crippen LogP contribution in [0, 0.1) is 0 Å². The largest absolute Gasteiger partial charge is 0.243 e. The lowest BCUT2D eigenvalue weighted by Crippen LogP contribution is -2.51. The number of hydrogen-bond donors (Lipinski definition) is 0. The molecule has 0 amide bonds. The fraction of sp³-hybridized carbons (Fsp3) is 0.625. The molecule has 0 aromatic heterocycles. The molecule has 0 N–H and O–H groups in total. The van der Waals surface area contributed by atoms with Crippen LogP contribution in [0.5, 0.6) is 0 Å². The number of benzene rings is 1. The number of fused-ring (bicyclic) bond motifs is 2. The number of halogens is 2. The molecule has 0 radical (unpaired) electrons. The van der Waals surface area contributed by atoms with Crippen LogP contribution >= 0.6 is 31.9 Å². The summed E-state index contributed by atoms with van der Waals surface area (Å²) in [6.07, 6.45) is 6.52. The van der Waals surface area contributed by atoms with E-state index in [-0.39, 0.29) is 20.7 Å². The van der Waals surface area contributed by atoms with E-state index in [0.29, 0.717) is 4.90 Å². The van der Waals surface area contributed by atoms with Crippen molar-refractivity contribution in [2.45, 2.75) is 64.2 Å². The van der Waals surface area contributed by atoms with Gasteiger partial charge in [0, 0.05) is 20.7 Å². The predicted octanol–water partition coefficient (Wildman–Crippen LogP) is 4.06. The third kappa shape index (κ3) is 2.17. The first-order chi connectivity index (χ1) is 10.4. The Bertz CT molecular complexity index is 669. The Morgan fingerprint density at radius 2 is 1.45 bits per heavy atom. The molecule has 3 fully saturated rings. The second-order valence-corrected chi connectivity index (χ2v) is 11.7. The van der Waals surface area contributed by atoms with Crippen LogP contribution in [0.3, 0.4) is 0 Å². The van der Waals surface area contributed by atoms with Crippen molar-refractivity contribution < 1.29 is 8.42 Å². The standard InChI is InChI=1S/C16H19Br2NO2S/c17-15-8-4-5-9-16(15,18)11-14-13(10-15)19(14)22(20,21)12-6-2-1-3-7-12/h1-3,6-7,13-14H,4-5,8-11H2/t13-,14+,15-,16-,19?/m0/s1. The van der Waals surface area contributed by atoms with Crippen molar-refractivity contribution in [2.75, 3.05) is 0 Å². The molecule has 22 heavy (non-hydrogen) atoms. The highest BCUT2D eigenvalue weighted by Crippen LogP contribution is 2.63. The molecule has 4 rings (SSSR count). The monoisotopic (exact) mass is 447 g/mol. The van der Waals surface area contributed by atoms with Gasteiger partial charge in [0.15, 0.2) is 0 Å². The summed E-state index contributed by atoms with van der Waals surface area (Å²) in [5.74, 6) is 0. The van der Waals surface area contributed by atoms with E-state index in [1.807, 2.05) is 6.07 Å². The van der Waals surface area contributed by atoms with Gasteiger partial charge in [-0.1, -0.05) is 62.9 Å². The Kier molecular flexibility index (Phi) is 3.58. The molecule has 3 aliphatic rings. The first kappa shape index (κ1) is 15.6. The highest BCUT2D eigenvalue weighted by molar-refractivity contribution is 9.13. The van der Waals surface area contributed by atoms with Crippen molar-refractivity contribution >= 4 is 41.9 Å². The number of hydrogen-bond acceptors (Lipinski definition) is 2. The van der Waals surface area contributed by atoms with Crippen LogP contribution in [0.15, 0.2) is 35.2 Å². The van der Waals surface area contributed by atoms with E-state index in [1.54, 1.807) is 28.6 Å². The van der Waals surface area contributed by atoms with Gasteiger partial charge in [-0.25, -0.2) is 8.42 Å². The molecule has 6 heteroatoms. The molecule has 1 unspecified atom stereocenters. The van der Waals surface area contributed by atoms with Crippen molar-refractivity contribution in [2.24, 2.45) is 0 Å². The highest BCUT2D eigenvalue weighted by atomic mass is 79.9. The van der Waals surface area contributed by atoms with Gasteiger partial charge in [0.2, 0.25) is 10.0 Å². The minimum atomic E-state index is -3.35. The quantitative estimate of drug-likeness (QED) is 0.505. The van der Waals surface area contributed by atoms with Crippen molar-refractivity contribution in [1.29, 1.82) is 0 Å². The SMILES string of the molecule is O=S(=O)(c1ccccc1)N1[C@@H]2C[C@@]3(Br)CCCC[C@]3(Br)C[C@@H]21. The Morgan fingerprint density at radius 3 is 1.95 bits per heavy atom. The molecule has 0 bridgehead atoms. The summed E-state index contributed by atoms with van der Waals surface area (Å²) < 4.78 is 27.6. The van der Waals surface area contributed by atoms with Crippen molar-refractivity contribution in [3.05, 3.63) is 30.3 Å². The third-order valence-corrected chi connectivity index (χ3v) is 11.0. The van der Waals surface area contributed by atoms with E-state index in [1.165, 1.54) is 12.8 Å². The summed E-state index contributed by atoms with van der Waals surface area (Å²) in [6, 6.07) is 9.14. The molecule has 1 heterocycles. The molecule has 1 aromatic carbocycles. The van der Waals surface area contributed by atoms with Gasteiger partial charge < -0.3 is 0 Å². The Labute approximate surface area is 148 Å². The second kappa shape index (κ2) is 5.04. The van der Waals surface area contributed by atoms with Gasteiger partial charge in [-0.2, -0.15) is 4.31 Å². The van der Waals surface area contributed by atoms with E-state index in [9.17, 15) is 8.42 Å². The number of rotatable bonds is 2. The zero-order valence-electron chi connectivity index (χ0n) is 12.2. The van der Waals surface area contributed by atoms with Gasteiger partial charge >= 0.3 is 0 Å². The maximum atomic E-state index is 12.9. The molecule has 2 saturated carbocycles. The first-order valence-corrected chi connectivity index (χ1v) is 10.9. The number of nitrogens with zero attached hydrogens (tertiary/aromatic N) is 1. The van der Waals surface area contributed by atoms with Crippen molar-refractivity contribution in [1.82, 2.24) is 4.31 Å². The normalized spacial score (nSPS) is 44.0. The topological polar surface area (TPSA) is 37.1 Å². The van der Waals surface area contributed by atoms with E-state index in [2.05, 4.69) is 31.9 Å². The third-order valence-electron chi connectivity index (χ3n) is 5.59. The summed E-state index contributed by atoms with van der Waals surface area (Å²) in [4.78, 5) is 0.416. The van der Waals surface area contributed by atoms with Crippen molar-refractivity contribution in [3.63, 3.8) is 0 Å². The van der Waals surface area contributed by atoms with Gasteiger partial charge in [-0.05, 0) is 37.8 Å². The van der Waals surface area contributed by atoms with Crippen LogP contribution in [0.1, 0.15) is 38.5 Å². The molecule has 1 aliphatic heterocycles. The summed E-state index contributed by atoms with van der Waals surface area (Å²) in [5, 5.41) is 0. The van der Waals surface area contributed by atoms with Gasteiger partial charge in [0.25, 0.3) is 0 Å². The molecule has 2 aliphatic carbocycles. The Morgan fingerprint density at radius 1 is 0.955 bits per heavy atom. The molecular formula is C16H19Br2NO2S. The van der Waals surface area contributed by atoms with Crippen LogP contribution in [-0.4, -0.2) is 33.5 Å². The van der Waals surface area contributed by atoms with Gasteiger partial charge in [-0.3, -0.25) is 0 Å². The average molecular weight is 449 g/mol. The average Bonchev–Trinajstić information content (AvgIpc) is 3.17. The Hall–Kier alpha value is 0.0900. The summed E-state index contributed by atoms with van der Waals surface area (Å²) in [7, 11) is -3.35. The molecule has 1 saturated heterocycles. The smallest absolute Gasteiger partial charge is 0.207 e. The van der Waals surface area contributed by atoms with E-state index >= 15 is 0 Å². The first-order valence-electron chi connectivity index (χ1n) is 7.84. The fourth-order valence-corrected chi connectivity index (χ4v) is 8.10. The van der Waals surface area contributed by atoms with Gasteiger partial charge in [0.05, 0.1) is 4.90 Å². The maximum absolute atomic E-state index is 12.9. The van der Waals surface area contributed by atoms with Gasteiger partial charge in [0.1, 0.15) is 0 Å². The molecular weight excluding hydrogens is 430 g/mol. The lowest BCUT2D eigenvalue weighted by molar-refractivity contribution is 0.270. The van der Waals surface area contributed by atoms with Crippen LogP contribution in [0.2, 0.25) is 0 Å². The fourth-order valence-electron chi connectivity index (χ4n) is 4.32. The van der Waals surface area contributed by atoms with Gasteiger partial charge in [-0.15, -0.1) is 0 Å². The van der Waals surface area contributed by atoms with E-state index in [0.717, 1.165) is 25.7 Å². The summed E-state index contributed by atoms with van der Waals surface area (Å²) >= 11 is 7.96. The van der Waals surface area contributed by atoms with E-state index in [4.69, 9.17) is 0 Å². The van der Waals surface area contributed by atoms with Crippen LogP contribution in [0.4, 0.5) is 0 Å². The zero-order valence-corrected chi connectivity index (χ0v) is 16.2. The molecule has 120 valence electrons. The minimum Gasteiger partial charge on any atom is -0.207 e. The van der Waals surface area contributed by atoms with Crippen LogP contribution < -0.4 is 0 Å². The second-order valence-electron chi connectivity index (χ2n) is 6.83. The minimum absolute atomic E-state index is 0.0420. The number of alkyl halides is 2. The lowest BCUT2D eigenvalue weighted by Gasteiger charge is -2.49. The van der Waals surface area contributed by atoms with Crippen LogP contribution in [0.25, 0.3) is 0 Å². The van der Waals surface area contributed by atoms with E-state index < -0.39 is 10.0 Å². The summed E-state index contributed by atoms with van der Waals surface area (Å²) in [6.45, 7) is 0.